The molecule has 1 aromatic carbocycles. The number of nitrogens with zero attached hydrogens (tertiary/aromatic N) is 1. The van der Waals surface area contributed by atoms with Crippen LogP contribution in [0.5, 0.6) is 0 Å². The van der Waals surface area contributed by atoms with Crippen LogP contribution in [-0.4, -0.2) is 20.8 Å². The van der Waals surface area contributed by atoms with Crippen molar-refractivity contribution in [2.75, 3.05) is 11.0 Å². The second-order valence-electron chi connectivity index (χ2n) is 3.05. The normalized spacial score (nSPS) is 14.0. The predicted octanol–water partition coefficient (Wildman–Crippen LogP) is 1.66. The second kappa shape index (κ2) is 4.31. The van der Waals surface area contributed by atoms with Gasteiger partial charge >= 0.3 is 0 Å². The van der Waals surface area contributed by atoms with E-state index in [1.807, 2.05) is 0 Å². The predicted molar refractivity (Wildman–Crippen MR) is 62.5 cm³/mol. The quantitative estimate of drug-likeness (QED) is 0.486. The molecule has 1 unspecified atom stereocenters. The molecule has 1 rings (SSSR count). The highest BCUT2D eigenvalue weighted by Crippen LogP contribution is 2.15. The Morgan fingerprint density at radius 1 is 1.40 bits per heavy atom. The van der Waals surface area contributed by atoms with Crippen molar-refractivity contribution in [2.24, 2.45) is 0 Å². The minimum Gasteiger partial charge on any atom is -0.313 e. The average molecular weight is 228 g/mol. The average Bonchev–Trinajstić information content (AvgIpc) is 2.18. The molecule has 0 saturated heterocycles. The van der Waals surface area contributed by atoms with Crippen molar-refractivity contribution in [3.63, 3.8) is 0 Å². The highest BCUT2D eigenvalue weighted by Gasteiger charge is 2.04. The third kappa shape index (κ3) is 3.25. The molecular formula is C9H12N2O3S. The zero-order chi connectivity index (χ0) is 11.5. The van der Waals surface area contributed by atoms with E-state index in [1.165, 1.54) is 24.3 Å². The van der Waals surface area contributed by atoms with Gasteiger partial charge in [-0.15, -0.1) is 0 Å². The number of non-ortho nitro benzene ring substituents is 1. The van der Waals surface area contributed by atoms with Gasteiger partial charge < -0.3 is 4.72 Å². The van der Waals surface area contributed by atoms with Crippen LogP contribution in [0, 0.1) is 10.1 Å². The summed E-state index contributed by atoms with van der Waals surface area (Å²) in [6, 6.07) is 5.80. The molecule has 15 heavy (non-hydrogen) atoms. The Morgan fingerprint density at radius 2 is 1.93 bits per heavy atom. The third-order valence-electron chi connectivity index (χ3n) is 1.85. The van der Waals surface area contributed by atoms with Crippen LogP contribution in [0.1, 0.15) is 6.92 Å². The molecule has 6 heteroatoms. The summed E-state index contributed by atoms with van der Waals surface area (Å²) >= 11 is 0. The highest BCUT2D eigenvalue weighted by atomic mass is 32.2. The van der Waals surface area contributed by atoms with Gasteiger partial charge in [-0.1, -0.05) is 0 Å². The highest BCUT2D eigenvalue weighted by molar-refractivity contribution is 8.01. The molecule has 0 saturated carbocycles. The molecular weight excluding hydrogens is 216 g/mol. The van der Waals surface area contributed by atoms with Gasteiger partial charge in [0.05, 0.1) is 4.92 Å². The van der Waals surface area contributed by atoms with E-state index in [0.29, 0.717) is 5.69 Å². The Bertz CT molecular complexity index is 473. The van der Waals surface area contributed by atoms with E-state index in [4.69, 9.17) is 0 Å². The first-order valence-corrected chi connectivity index (χ1v) is 6.28. The SMILES string of the molecule is CC=S(C)(=O)Nc1ccc([N+](=O)[O-])cc1. The minimum atomic E-state index is -2.20. The van der Waals surface area contributed by atoms with Crippen molar-refractivity contribution in [2.45, 2.75) is 6.92 Å². The van der Waals surface area contributed by atoms with Gasteiger partial charge in [0.2, 0.25) is 0 Å². The number of rotatable bonds is 3. The topological polar surface area (TPSA) is 72.2 Å². The Morgan fingerprint density at radius 3 is 2.33 bits per heavy atom. The number of nitro benzene ring substituents is 1. The summed E-state index contributed by atoms with van der Waals surface area (Å²) in [5, 5.41) is 11.9. The van der Waals surface area contributed by atoms with Crippen LogP contribution in [-0.2, 0) is 9.71 Å². The first kappa shape index (κ1) is 11.5. The molecule has 1 atom stereocenters. The molecule has 1 aromatic rings. The largest absolute Gasteiger partial charge is 0.313 e. The lowest BCUT2D eigenvalue weighted by Gasteiger charge is -2.07. The zero-order valence-electron chi connectivity index (χ0n) is 8.47. The van der Waals surface area contributed by atoms with E-state index in [1.54, 1.807) is 18.5 Å². The van der Waals surface area contributed by atoms with Gasteiger partial charge in [0.25, 0.3) is 5.69 Å². The fourth-order valence-corrected chi connectivity index (χ4v) is 1.67. The Hall–Kier alpha value is -1.56. The van der Waals surface area contributed by atoms with Gasteiger partial charge in [-0.05, 0) is 24.4 Å². The smallest absolute Gasteiger partial charge is 0.269 e. The van der Waals surface area contributed by atoms with Crippen molar-refractivity contribution in [1.29, 1.82) is 0 Å². The standard InChI is InChI=1S/C9H12N2O3S/c1-3-15(2,14)10-8-4-6-9(7-5-8)11(12)13/h3-7H,1-2H3,(H,10,14). The van der Waals surface area contributed by atoms with E-state index in [2.05, 4.69) is 4.72 Å². The van der Waals surface area contributed by atoms with Gasteiger partial charge in [0.15, 0.2) is 0 Å². The van der Waals surface area contributed by atoms with Crippen LogP contribution in [0.2, 0.25) is 0 Å². The monoisotopic (exact) mass is 228 g/mol. The number of hydrogen-bond acceptors (Lipinski definition) is 3. The molecule has 0 aliphatic rings. The molecule has 0 aliphatic heterocycles. The molecule has 0 spiro atoms. The minimum absolute atomic E-state index is 0.0173. The molecule has 0 aliphatic carbocycles. The molecule has 0 aromatic heterocycles. The molecule has 0 amide bonds. The summed E-state index contributed by atoms with van der Waals surface area (Å²) in [5.41, 5.74) is 0.620. The molecule has 0 radical (unpaired) electrons. The third-order valence-corrected chi connectivity index (χ3v) is 3.39. The van der Waals surface area contributed by atoms with Crippen LogP contribution in [0.15, 0.2) is 24.3 Å². The summed E-state index contributed by atoms with van der Waals surface area (Å²) in [6.45, 7) is 1.70. The van der Waals surface area contributed by atoms with Crippen molar-refractivity contribution >= 4 is 26.5 Å². The number of benzene rings is 1. The number of nitrogens with one attached hydrogen (secondary N) is 1. The summed E-state index contributed by atoms with van der Waals surface area (Å²) in [6.07, 6.45) is 1.56. The summed E-state index contributed by atoms with van der Waals surface area (Å²) in [5.74, 6) is 0. The van der Waals surface area contributed by atoms with Gasteiger partial charge in [-0.25, -0.2) is 4.21 Å². The van der Waals surface area contributed by atoms with E-state index in [9.17, 15) is 14.3 Å². The van der Waals surface area contributed by atoms with Crippen molar-refractivity contribution in [3.05, 3.63) is 34.4 Å². The van der Waals surface area contributed by atoms with Gasteiger partial charge in [-0.2, -0.15) is 0 Å². The molecule has 0 fully saturated rings. The first-order valence-electron chi connectivity index (χ1n) is 4.25. The maximum Gasteiger partial charge on any atom is 0.269 e. The zero-order valence-corrected chi connectivity index (χ0v) is 9.28. The fraction of sp³-hybridized carbons (Fsp3) is 0.222. The lowest BCUT2D eigenvalue weighted by Crippen LogP contribution is -2.11. The first-order chi connectivity index (χ1) is 6.94. The summed E-state index contributed by atoms with van der Waals surface area (Å²) in [7, 11) is -2.20. The molecule has 1 N–H and O–H groups in total. The summed E-state index contributed by atoms with van der Waals surface area (Å²) < 4.78 is 14.4. The molecule has 0 heterocycles. The van der Waals surface area contributed by atoms with Gasteiger partial charge in [0.1, 0.15) is 0 Å². The number of hydrogen-bond donors (Lipinski definition) is 1. The molecule has 5 nitrogen and oxygen atoms in total. The van der Waals surface area contributed by atoms with Crippen molar-refractivity contribution < 1.29 is 9.13 Å². The maximum absolute atomic E-state index is 11.6. The Kier molecular flexibility index (Phi) is 3.31. The van der Waals surface area contributed by atoms with Gasteiger partial charge in [-0.3, -0.25) is 10.1 Å². The number of nitro groups is 1. The molecule has 0 bridgehead atoms. The fourth-order valence-electron chi connectivity index (χ4n) is 0.944. The second-order valence-corrected chi connectivity index (χ2v) is 5.53. The lowest BCUT2D eigenvalue weighted by molar-refractivity contribution is -0.384. The maximum atomic E-state index is 11.6. The van der Waals surface area contributed by atoms with E-state index in [-0.39, 0.29) is 5.69 Å². The van der Waals surface area contributed by atoms with Crippen LogP contribution in [0.3, 0.4) is 0 Å². The van der Waals surface area contributed by atoms with E-state index in [0.717, 1.165) is 0 Å². The summed E-state index contributed by atoms with van der Waals surface area (Å²) in [4.78, 5) is 9.90. The number of anilines is 1. The Balaban J connectivity index is 2.92. The molecule has 82 valence electrons. The van der Waals surface area contributed by atoms with Crippen LogP contribution in [0.4, 0.5) is 11.4 Å². The van der Waals surface area contributed by atoms with E-state index < -0.39 is 14.6 Å². The lowest BCUT2D eigenvalue weighted by atomic mass is 10.3. The van der Waals surface area contributed by atoms with Gasteiger partial charge in [0, 0.05) is 33.8 Å². The van der Waals surface area contributed by atoms with Crippen LogP contribution >= 0.6 is 0 Å². The van der Waals surface area contributed by atoms with Crippen LogP contribution in [0.25, 0.3) is 0 Å². The van der Waals surface area contributed by atoms with Crippen molar-refractivity contribution in [3.8, 4) is 0 Å². The Labute approximate surface area is 88.4 Å². The van der Waals surface area contributed by atoms with Crippen molar-refractivity contribution in [1.82, 2.24) is 0 Å². The van der Waals surface area contributed by atoms with E-state index >= 15 is 0 Å². The van der Waals surface area contributed by atoms with Crippen LogP contribution < -0.4 is 4.72 Å².